The maximum Gasteiger partial charge on any atom is 0.112 e. The normalized spacial score (nSPS) is 20.8. The molecule has 3 rings (SSSR count). The molecule has 0 bridgehead atoms. The number of benzene rings is 1. The van der Waals surface area contributed by atoms with Gasteiger partial charge in [0.2, 0.25) is 0 Å². The lowest BCUT2D eigenvalue weighted by molar-refractivity contribution is 0.0641. The van der Waals surface area contributed by atoms with E-state index in [0.29, 0.717) is 0 Å². The molecular formula is C15H18N2O. The van der Waals surface area contributed by atoms with E-state index >= 15 is 0 Å². The summed E-state index contributed by atoms with van der Waals surface area (Å²) in [6, 6.07) is 10.5. The fraction of sp³-hybridized carbons (Fsp3) is 0.400. The first-order chi connectivity index (χ1) is 8.84. The number of nitrogens with one attached hydrogen (secondary N) is 1. The minimum Gasteiger partial charge on any atom is -0.371 e. The van der Waals surface area contributed by atoms with Crippen LogP contribution < -0.4 is 5.32 Å². The van der Waals surface area contributed by atoms with Gasteiger partial charge in [-0.1, -0.05) is 24.3 Å². The van der Waals surface area contributed by atoms with E-state index in [1.165, 1.54) is 10.9 Å². The highest BCUT2D eigenvalue weighted by Crippen LogP contribution is 2.22. The standard InChI is InChI=1S/C15H18N2O/c1-11-4-2-5-12-6-7-13(17-15(11)12)14-10-16-8-3-9-18-14/h2,4-7,14,16H,3,8-10H2,1H3. The van der Waals surface area contributed by atoms with Crippen molar-refractivity contribution >= 4 is 10.9 Å². The number of rotatable bonds is 1. The van der Waals surface area contributed by atoms with Crippen LogP contribution in [0.5, 0.6) is 0 Å². The molecule has 94 valence electrons. The van der Waals surface area contributed by atoms with E-state index in [1.807, 2.05) is 0 Å². The van der Waals surface area contributed by atoms with Crippen molar-refractivity contribution in [3.8, 4) is 0 Å². The van der Waals surface area contributed by atoms with Crippen LogP contribution in [0, 0.1) is 6.92 Å². The lowest BCUT2D eigenvalue weighted by Crippen LogP contribution is -2.20. The number of nitrogens with zero attached hydrogens (tertiary/aromatic N) is 1. The number of aryl methyl sites for hydroxylation is 1. The van der Waals surface area contributed by atoms with E-state index < -0.39 is 0 Å². The van der Waals surface area contributed by atoms with Gasteiger partial charge >= 0.3 is 0 Å². The summed E-state index contributed by atoms with van der Waals surface area (Å²) in [6.45, 7) is 4.80. The molecule has 3 nitrogen and oxygen atoms in total. The first-order valence-corrected chi connectivity index (χ1v) is 6.53. The zero-order valence-electron chi connectivity index (χ0n) is 10.6. The van der Waals surface area contributed by atoms with Gasteiger partial charge in [0, 0.05) is 18.5 Å². The van der Waals surface area contributed by atoms with Crippen molar-refractivity contribution in [2.45, 2.75) is 19.4 Å². The summed E-state index contributed by atoms with van der Waals surface area (Å²) in [4.78, 5) is 4.78. The van der Waals surface area contributed by atoms with Crippen LogP contribution in [0.4, 0.5) is 0 Å². The lowest BCUT2D eigenvalue weighted by atomic mass is 10.1. The van der Waals surface area contributed by atoms with E-state index in [2.05, 4.69) is 42.6 Å². The summed E-state index contributed by atoms with van der Waals surface area (Å²) < 4.78 is 5.85. The summed E-state index contributed by atoms with van der Waals surface area (Å²) in [7, 11) is 0. The minimum absolute atomic E-state index is 0.0801. The Morgan fingerprint density at radius 3 is 3.17 bits per heavy atom. The van der Waals surface area contributed by atoms with Crippen LogP contribution in [0.3, 0.4) is 0 Å². The molecule has 0 amide bonds. The summed E-state index contributed by atoms with van der Waals surface area (Å²) >= 11 is 0. The molecule has 1 aliphatic rings. The van der Waals surface area contributed by atoms with E-state index in [-0.39, 0.29) is 6.10 Å². The van der Waals surface area contributed by atoms with Crippen molar-refractivity contribution in [1.29, 1.82) is 0 Å². The fourth-order valence-corrected chi connectivity index (χ4v) is 2.39. The highest BCUT2D eigenvalue weighted by atomic mass is 16.5. The van der Waals surface area contributed by atoms with Gasteiger partial charge in [0.1, 0.15) is 6.10 Å². The first-order valence-electron chi connectivity index (χ1n) is 6.53. The van der Waals surface area contributed by atoms with Gasteiger partial charge in [-0.15, -0.1) is 0 Å². The second-order valence-corrected chi connectivity index (χ2v) is 4.80. The maximum atomic E-state index is 5.85. The molecule has 1 aliphatic heterocycles. The second-order valence-electron chi connectivity index (χ2n) is 4.80. The maximum absolute atomic E-state index is 5.85. The van der Waals surface area contributed by atoms with E-state index in [0.717, 1.165) is 37.3 Å². The Morgan fingerprint density at radius 1 is 1.28 bits per heavy atom. The van der Waals surface area contributed by atoms with Gasteiger partial charge in [-0.3, -0.25) is 0 Å². The topological polar surface area (TPSA) is 34.1 Å². The zero-order chi connectivity index (χ0) is 12.4. The Hall–Kier alpha value is -1.45. The quantitative estimate of drug-likeness (QED) is 0.834. The van der Waals surface area contributed by atoms with Crippen molar-refractivity contribution in [3.63, 3.8) is 0 Å². The Morgan fingerprint density at radius 2 is 2.22 bits per heavy atom. The molecule has 3 heteroatoms. The fourth-order valence-electron chi connectivity index (χ4n) is 2.39. The van der Waals surface area contributed by atoms with Gasteiger partial charge in [0.15, 0.2) is 0 Å². The van der Waals surface area contributed by atoms with Crippen molar-refractivity contribution in [1.82, 2.24) is 10.3 Å². The molecule has 1 N–H and O–H groups in total. The first kappa shape index (κ1) is 11.6. The predicted molar refractivity (Wildman–Crippen MR) is 72.7 cm³/mol. The van der Waals surface area contributed by atoms with Gasteiger partial charge in [-0.25, -0.2) is 4.98 Å². The molecule has 0 spiro atoms. The zero-order valence-corrected chi connectivity index (χ0v) is 10.6. The van der Waals surface area contributed by atoms with Gasteiger partial charge < -0.3 is 10.1 Å². The Kier molecular flexibility index (Phi) is 3.26. The molecular weight excluding hydrogens is 224 g/mol. The van der Waals surface area contributed by atoms with Crippen molar-refractivity contribution in [2.24, 2.45) is 0 Å². The number of hydrogen-bond donors (Lipinski definition) is 1. The second kappa shape index (κ2) is 5.04. The Balaban J connectivity index is 1.99. The summed E-state index contributed by atoms with van der Waals surface area (Å²) in [5, 5.41) is 4.59. The largest absolute Gasteiger partial charge is 0.371 e. The van der Waals surface area contributed by atoms with E-state index in [1.54, 1.807) is 0 Å². The molecule has 1 aromatic heterocycles. The number of para-hydroxylation sites is 1. The minimum atomic E-state index is 0.0801. The molecule has 1 unspecified atom stereocenters. The number of hydrogen-bond acceptors (Lipinski definition) is 3. The third-order valence-corrected chi connectivity index (χ3v) is 3.42. The van der Waals surface area contributed by atoms with E-state index in [9.17, 15) is 0 Å². The number of fused-ring (bicyclic) bond motifs is 1. The molecule has 1 saturated heterocycles. The van der Waals surface area contributed by atoms with Gasteiger partial charge in [-0.05, 0) is 31.5 Å². The number of pyridine rings is 1. The molecule has 1 atom stereocenters. The SMILES string of the molecule is Cc1cccc2ccc(C3CNCCCO3)nc12. The van der Waals surface area contributed by atoms with E-state index in [4.69, 9.17) is 9.72 Å². The molecule has 1 fully saturated rings. The third kappa shape index (κ3) is 2.24. The van der Waals surface area contributed by atoms with Crippen molar-refractivity contribution in [3.05, 3.63) is 41.6 Å². The number of aromatic nitrogens is 1. The van der Waals surface area contributed by atoms with Crippen LogP contribution in [0.1, 0.15) is 23.8 Å². The van der Waals surface area contributed by atoms with Crippen LogP contribution in [0.15, 0.2) is 30.3 Å². The summed E-state index contributed by atoms with van der Waals surface area (Å²) in [5.74, 6) is 0. The average Bonchev–Trinajstić information content (AvgIpc) is 2.68. The monoisotopic (exact) mass is 242 g/mol. The number of ether oxygens (including phenoxy) is 1. The Labute approximate surface area is 107 Å². The van der Waals surface area contributed by atoms with Crippen molar-refractivity contribution in [2.75, 3.05) is 19.7 Å². The van der Waals surface area contributed by atoms with Crippen LogP contribution in [-0.4, -0.2) is 24.7 Å². The molecule has 1 aromatic carbocycles. The van der Waals surface area contributed by atoms with Gasteiger partial charge in [-0.2, -0.15) is 0 Å². The smallest absolute Gasteiger partial charge is 0.112 e. The van der Waals surface area contributed by atoms with Crippen LogP contribution in [-0.2, 0) is 4.74 Å². The molecule has 0 radical (unpaired) electrons. The Bertz CT molecular complexity index is 545. The lowest BCUT2D eigenvalue weighted by Gasteiger charge is -2.15. The average molecular weight is 242 g/mol. The highest BCUT2D eigenvalue weighted by molar-refractivity contribution is 5.81. The van der Waals surface area contributed by atoms with Crippen molar-refractivity contribution < 1.29 is 4.74 Å². The molecule has 2 heterocycles. The van der Waals surface area contributed by atoms with Crippen LogP contribution in [0.25, 0.3) is 10.9 Å². The third-order valence-electron chi connectivity index (χ3n) is 3.42. The molecule has 0 aliphatic carbocycles. The summed E-state index contributed by atoms with van der Waals surface area (Å²) in [5.41, 5.74) is 3.34. The van der Waals surface area contributed by atoms with Gasteiger partial charge in [0.25, 0.3) is 0 Å². The molecule has 2 aromatic rings. The van der Waals surface area contributed by atoms with Gasteiger partial charge in [0.05, 0.1) is 11.2 Å². The van der Waals surface area contributed by atoms with Crippen LogP contribution in [0.2, 0.25) is 0 Å². The summed E-state index contributed by atoms with van der Waals surface area (Å²) in [6.07, 6.45) is 1.15. The molecule has 18 heavy (non-hydrogen) atoms. The highest BCUT2D eigenvalue weighted by Gasteiger charge is 2.16. The molecule has 0 saturated carbocycles. The predicted octanol–water partition coefficient (Wildman–Crippen LogP) is 2.59. The van der Waals surface area contributed by atoms with Crippen LogP contribution >= 0.6 is 0 Å².